The van der Waals surface area contributed by atoms with E-state index in [-0.39, 0.29) is 16.2 Å². The maximum Gasteiger partial charge on any atom is 0.144 e. The molecular weight excluding hydrogens is 963 g/mol. The van der Waals surface area contributed by atoms with Gasteiger partial charge in [0.05, 0.1) is 5.69 Å². The highest BCUT2D eigenvalue weighted by Gasteiger charge is 2.49. The SMILES string of the molecule is CC1(C)c2cc(N(c3ccc4c(c3)C(C)(C)c3c5c(c6oc7ccccc7c6c3-4)-c3ccccc3C5(C)C)c3ccccc3-c3ccccc3)ccc2-c2c1cc(-c1ccc3c(c1)oc1ccccc13)c1oc3ccccc3c21. The van der Waals surface area contributed by atoms with Crippen molar-refractivity contribution >= 4 is 82.9 Å². The lowest BCUT2D eigenvalue weighted by Crippen LogP contribution is -2.24. The molecule has 0 spiro atoms. The summed E-state index contributed by atoms with van der Waals surface area (Å²) < 4.78 is 20.5. The van der Waals surface area contributed by atoms with Crippen LogP contribution in [0.15, 0.2) is 226 Å². The van der Waals surface area contributed by atoms with Crippen molar-refractivity contribution in [1.29, 1.82) is 0 Å². The summed E-state index contributed by atoms with van der Waals surface area (Å²) in [5.41, 5.74) is 27.8. The van der Waals surface area contributed by atoms with E-state index < -0.39 is 0 Å². The third-order valence-corrected chi connectivity index (χ3v) is 18.6. The van der Waals surface area contributed by atoms with Crippen molar-refractivity contribution in [3.63, 3.8) is 0 Å². The van der Waals surface area contributed by atoms with Gasteiger partial charge in [-0.25, -0.2) is 0 Å². The second kappa shape index (κ2) is 15.4. The van der Waals surface area contributed by atoms with E-state index in [0.717, 1.165) is 94.2 Å². The fourth-order valence-electron chi connectivity index (χ4n) is 14.9. The van der Waals surface area contributed by atoms with E-state index in [9.17, 15) is 0 Å². The summed E-state index contributed by atoms with van der Waals surface area (Å²) in [6.07, 6.45) is 0. The van der Waals surface area contributed by atoms with Crippen LogP contribution in [0.3, 0.4) is 0 Å². The molecule has 0 saturated carbocycles. The van der Waals surface area contributed by atoms with E-state index >= 15 is 0 Å². The molecule has 0 radical (unpaired) electrons. The number of furan rings is 3. The molecule has 3 aliphatic carbocycles. The fourth-order valence-corrected chi connectivity index (χ4v) is 14.9. The predicted octanol–water partition coefficient (Wildman–Crippen LogP) is 21.1. The third kappa shape index (κ3) is 5.83. The highest BCUT2D eigenvalue weighted by molar-refractivity contribution is 6.22. The van der Waals surface area contributed by atoms with Gasteiger partial charge in [0, 0.05) is 76.6 Å². The van der Waals surface area contributed by atoms with Crippen LogP contribution >= 0.6 is 0 Å². The van der Waals surface area contributed by atoms with Crippen LogP contribution in [-0.2, 0) is 16.2 Å². The molecule has 3 aromatic heterocycles. The minimum atomic E-state index is -0.388. The Morgan fingerprint density at radius 3 is 1.54 bits per heavy atom. The zero-order valence-corrected chi connectivity index (χ0v) is 44.9. The number of hydrogen-bond donors (Lipinski definition) is 0. The van der Waals surface area contributed by atoms with Gasteiger partial charge in [-0.15, -0.1) is 0 Å². The number of nitrogens with zero attached hydrogens (tertiary/aromatic N) is 1. The molecule has 79 heavy (non-hydrogen) atoms. The number of fused-ring (bicyclic) bond motifs is 22. The van der Waals surface area contributed by atoms with Crippen LogP contribution < -0.4 is 4.90 Å². The van der Waals surface area contributed by atoms with Crippen LogP contribution in [0.25, 0.3) is 121 Å². The molecule has 376 valence electrons. The van der Waals surface area contributed by atoms with Crippen molar-refractivity contribution in [3.8, 4) is 55.6 Å². The Kier molecular flexibility index (Phi) is 8.73. The van der Waals surface area contributed by atoms with Crippen LogP contribution in [0.4, 0.5) is 17.1 Å². The van der Waals surface area contributed by atoms with E-state index in [1.165, 1.54) is 77.7 Å². The van der Waals surface area contributed by atoms with Gasteiger partial charge < -0.3 is 18.2 Å². The Bertz CT molecular complexity index is 5000. The first-order chi connectivity index (χ1) is 38.5. The minimum absolute atomic E-state index is 0.252. The average molecular weight is 1020 g/mol. The molecule has 0 amide bonds. The molecule has 0 fully saturated rings. The van der Waals surface area contributed by atoms with Crippen molar-refractivity contribution in [2.75, 3.05) is 4.90 Å². The second-order valence-corrected chi connectivity index (χ2v) is 23.9. The van der Waals surface area contributed by atoms with Gasteiger partial charge in [0.15, 0.2) is 0 Å². The number of benzene rings is 11. The summed E-state index contributed by atoms with van der Waals surface area (Å²) in [4.78, 5) is 2.52. The Hall–Kier alpha value is -9.38. The molecule has 0 atom stereocenters. The van der Waals surface area contributed by atoms with E-state index in [2.05, 4.69) is 247 Å². The van der Waals surface area contributed by atoms with Crippen molar-refractivity contribution in [2.45, 2.75) is 57.8 Å². The first-order valence-corrected chi connectivity index (χ1v) is 27.7. The Morgan fingerprint density at radius 1 is 0.304 bits per heavy atom. The lowest BCUT2D eigenvalue weighted by Gasteiger charge is -2.32. The Balaban J connectivity index is 0.887. The van der Waals surface area contributed by atoms with Crippen LogP contribution in [-0.4, -0.2) is 0 Å². The van der Waals surface area contributed by atoms with Gasteiger partial charge in [0.25, 0.3) is 0 Å². The molecule has 17 rings (SSSR count). The molecule has 4 nitrogen and oxygen atoms in total. The van der Waals surface area contributed by atoms with E-state index in [1.807, 2.05) is 12.1 Å². The minimum Gasteiger partial charge on any atom is -0.456 e. The number of anilines is 3. The maximum atomic E-state index is 7.04. The van der Waals surface area contributed by atoms with Crippen LogP contribution in [0.1, 0.15) is 74.9 Å². The second-order valence-electron chi connectivity index (χ2n) is 23.9. The van der Waals surface area contributed by atoms with Gasteiger partial charge in [-0.05, 0) is 139 Å². The lowest BCUT2D eigenvalue weighted by molar-refractivity contribution is 0.600. The summed E-state index contributed by atoms with van der Waals surface area (Å²) in [7, 11) is 0. The molecular formula is C75H53NO3. The monoisotopic (exact) mass is 1020 g/mol. The summed E-state index contributed by atoms with van der Waals surface area (Å²) in [6, 6.07) is 77.7. The molecule has 4 heteroatoms. The van der Waals surface area contributed by atoms with Crippen LogP contribution in [0.5, 0.6) is 0 Å². The largest absolute Gasteiger partial charge is 0.456 e. The molecule has 14 aromatic rings. The number of rotatable bonds is 5. The first kappa shape index (κ1) is 44.7. The van der Waals surface area contributed by atoms with Gasteiger partial charge in [-0.2, -0.15) is 0 Å². The zero-order chi connectivity index (χ0) is 52.8. The normalized spacial score (nSPS) is 15.0. The Morgan fingerprint density at radius 2 is 0.823 bits per heavy atom. The van der Waals surface area contributed by atoms with E-state index in [1.54, 1.807) is 0 Å². The van der Waals surface area contributed by atoms with Gasteiger partial charge in [0.2, 0.25) is 0 Å². The van der Waals surface area contributed by atoms with Crippen molar-refractivity contribution in [1.82, 2.24) is 0 Å². The molecule has 3 aliphatic rings. The topological polar surface area (TPSA) is 42.7 Å². The zero-order valence-electron chi connectivity index (χ0n) is 44.9. The van der Waals surface area contributed by atoms with Gasteiger partial charge in [-0.1, -0.05) is 187 Å². The molecule has 0 saturated heterocycles. The molecule has 0 N–H and O–H groups in total. The quantitative estimate of drug-likeness (QED) is 0.172. The van der Waals surface area contributed by atoms with E-state index in [4.69, 9.17) is 13.3 Å². The highest BCUT2D eigenvalue weighted by Crippen LogP contribution is 2.64. The van der Waals surface area contributed by atoms with Gasteiger partial charge in [-0.3, -0.25) is 0 Å². The highest BCUT2D eigenvalue weighted by atomic mass is 16.3. The number of hydrogen-bond acceptors (Lipinski definition) is 4. The molecule has 11 aromatic carbocycles. The van der Waals surface area contributed by atoms with Crippen molar-refractivity contribution in [2.24, 2.45) is 0 Å². The summed E-state index contributed by atoms with van der Waals surface area (Å²) in [5, 5.41) is 6.87. The molecule has 0 bridgehead atoms. The first-order valence-electron chi connectivity index (χ1n) is 27.7. The van der Waals surface area contributed by atoms with Gasteiger partial charge >= 0.3 is 0 Å². The summed E-state index contributed by atoms with van der Waals surface area (Å²) in [5.74, 6) is 0. The summed E-state index contributed by atoms with van der Waals surface area (Å²) >= 11 is 0. The average Bonchev–Trinajstić information content (AvgIpc) is 4.38. The maximum absolute atomic E-state index is 7.04. The molecule has 3 heterocycles. The van der Waals surface area contributed by atoms with Crippen molar-refractivity contribution in [3.05, 3.63) is 246 Å². The molecule has 0 aliphatic heterocycles. The lowest BCUT2D eigenvalue weighted by atomic mass is 9.72. The van der Waals surface area contributed by atoms with Crippen LogP contribution in [0.2, 0.25) is 0 Å². The third-order valence-electron chi connectivity index (χ3n) is 18.6. The molecule has 0 unspecified atom stereocenters. The number of para-hydroxylation sites is 4. The Labute approximate surface area is 457 Å². The van der Waals surface area contributed by atoms with E-state index in [0.29, 0.717) is 0 Å². The van der Waals surface area contributed by atoms with Crippen molar-refractivity contribution < 1.29 is 13.3 Å². The van der Waals surface area contributed by atoms with Gasteiger partial charge in [0.1, 0.15) is 33.5 Å². The predicted molar refractivity (Wildman–Crippen MR) is 327 cm³/mol. The fraction of sp³-hybridized carbons (Fsp3) is 0.120. The summed E-state index contributed by atoms with van der Waals surface area (Å²) in [6.45, 7) is 14.5. The van der Waals surface area contributed by atoms with Crippen LogP contribution in [0, 0.1) is 0 Å². The standard InChI is InChI=1S/C75H53NO3/c1-73(2)56-39-44(33-36-50(56)64-58(73)41-54(71-66(64)52-25-13-18-30-61(52)78-71)43-32-35-48-47-23-12-17-29-60(47)77-63(48)38-43)76(59-28-16-11-22-46(59)42-20-8-7-9-21-42)45-34-37-51-57(40-45)75(5,6)69-65(51)67-53-26-14-19-31-62(53)79-72(67)68-49-24-10-15-27-55(49)74(3,4)70(68)69/h7-41H,1-6H3. The smallest absolute Gasteiger partial charge is 0.144 e.